The molecule has 0 radical (unpaired) electrons. The summed E-state index contributed by atoms with van der Waals surface area (Å²) in [7, 11) is 0. The van der Waals surface area contributed by atoms with Gasteiger partial charge >= 0.3 is 0 Å². The van der Waals surface area contributed by atoms with Crippen LogP contribution < -0.4 is 5.32 Å². The predicted molar refractivity (Wildman–Crippen MR) is 111 cm³/mol. The van der Waals surface area contributed by atoms with Gasteiger partial charge in [0.2, 0.25) is 17.7 Å². The molecule has 9 heteroatoms. The van der Waals surface area contributed by atoms with Gasteiger partial charge in [-0.25, -0.2) is 14.6 Å². The first-order chi connectivity index (χ1) is 15.0. The van der Waals surface area contributed by atoms with Crippen LogP contribution in [0.15, 0.2) is 43.1 Å². The van der Waals surface area contributed by atoms with Crippen molar-refractivity contribution in [2.75, 3.05) is 0 Å². The van der Waals surface area contributed by atoms with Crippen molar-refractivity contribution < 1.29 is 14.4 Å². The fourth-order valence-corrected chi connectivity index (χ4v) is 4.30. The van der Waals surface area contributed by atoms with Gasteiger partial charge in [0, 0.05) is 18.3 Å². The van der Waals surface area contributed by atoms with Crippen molar-refractivity contribution in [3.63, 3.8) is 0 Å². The second kappa shape index (κ2) is 8.79. The number of rotatable bonds is 7. The fraction of sp³-hybridized carbons (Fsp3) is 0.455. The Morgan fingerprint density at radius 2 is 1.90 bits per heavy atom. The zero-order chi connectivity index (χ0) is 22.0. The number of allylic oxidation sites excluding steroid dienone is 2. The standard InChI is InChI=1S/C22H26N6O3/c1-14(2)10-18(28-21(30)16-7-3-4-8-17(16)22(28)31)20(29)25-11-15-6-5-9-24-19(15)27-13-23-12-26-27/h3-6,9,12-14,16-18H,7-8,10-11H2,1-2H3,(H,25,29). The van der Waals surface area contributed by atoms with E-state index in [1.807, 2.05) is 32.1 Å². The first kappa shape index (κ1) is 20.9. The molecule has 1 fully saturated rings. The molecule has 0 saturated carbocycles. The zero-order valence-electron chi connectivity index (χ0n) is 17.6. The maximum absolute atomic E-state index is 13.2. The Bertz CT molecular complexity index is 974. The smallest absolute Gasteiger partial charge is 0.243 e. The molecular weight excluding hydrogens is 396 g/mol. The molecule has 2 aromatic rings. The van der Waals surface area contributed by atoms with Crippen molar-refractivity contribution in [1.29, 1.82) is 0 Å². The highest BCUT2D eigenvalue weighted by atomic mass is 16.2. The molecule has 1 aliphatic carbocycles. The summed E-state index contributed by atoms with van der Waals surface area (Å²) in [5.74, 6) is -0.799. The zero-order valence-corrected chi connectivity index (χ0v) is 17.6. The summed E-state index contributed by atoms with van der Waals surface area (Å²) >= 11 is 0. The molecule has 2 aromatic heterocycles. The molecule has 31 heavy (non-hydrogen) atoms. The highest BCUT2D eigenvalue weighted by molar-refractivity contribution is 6.08. The topological polar surface area (TPSA) is 110 Å². The van der Waals surface area contributed by atoms with E-state index in [0.717, 1.165) is 5.56 Å². The second-order valence-electron chi connectivity index (χ2n) is 8.39. The molecule has 1 N–H and O–H groups in total. The molecule has 1 saturated heterocycles. The largest absolute Gasteiger partial charge is 0.350 e. The van der Waals surface area contributed by atoms with Crippen LogP contribution >= 0.6 is 0 Å². The Kier molecular flexibility index (Phi) is 5.92. The van der Waals surface area contributed by atoms with Crippen LogP contribution in [0, 0.1) is 17.8 Å². The molecule has 0 bridgehead atoms. The van der Waals surface area contributed by atoms with Crippen molar-refractivity contribution in [2.24, 2.45) is 17.8 Å². The van der Waals surface area contributed by atoms with E-state index in [2.05, 4.69) is 20.4 Å². The number of hydrogen-bond acceptors (Lipinski definition) is 6. The van der Waals surface area contributed by atoms with Gasteiger partial charge in [-0.3, -0.25) is 19.3 Å². The SMILES string of the molecule is CC(C)CC(C(=O)NCc1cccnc1-n1cncn1)N1C(=O)C2CC=CCC2C1=O. The number of likely N-dealkylation sites (tertiary alicyclic amines) is 1. The van der Waals surface area contributed by atoms with Gasteiger partial charge in [-0.2, -0.15) is 5.10 Å². The third kappa shape index (κ3) is 4.12. The van der Waals surface area contributed by atoms with Crippen molar-refractivity contribution in [3.8, 4) is 5.82 Å². The van der Waals surface area contributed by atoms with E-state index >= 15 is 0 Å². The second-order valence-corrected chi connectivity index (χ2v) is 8.39. The number of fused-ring (bicyclic) bond motifs is 1. The number of carbonyl (C=O) groups excluding carboxylic acids is 3. The average molecular weight is 422 g/mol. The lowest BCUT2D eigenvalue weighted by Gasteiger charge is -2.27. The minimum atomic E-state index is -0.822. The van der Waals surface area contributed by atoms with Crippen molar-refractivity contribution in [2.45, 2.75) is 45.7 Å². The Hall–Kier alpha value is -3.36. The van der Waals surface area contributed by atoms with E-state index in [0.29, 0.717) is 25.1 Å². The Morgan fingerprint density at radius 3 is 2.52 bits per heavy atom. The van der Waals surface area contributed by atoms with Crippen molar-refractivity contribution in [3.05, 3.63) is 48.7 Å². The molecule has 9 nitrogen and oxygen atoms in total. The van der Waals surface area contributed by atoms with Gasteiger partial charge in [0.25, 0.3) is 0 Å². The fourth-order valence-electron chi connectivity index (χ4n) is 4.30. The van der Waals surface area contributed by atoms with Crippen molar-refractivity contribution in [1.82, 2.24) is 30.0 Å². The highest BCUT2D eigenvalue weighted by Crippen LogP contribution is 2.37. The Balaban J connectivity index is 1.53. The molecule has 3 unspecified atom stereocenters. The lowest BCUT2D eigenvalue weighted by molar-refractivity contribution is -0.148. The third-order valence-electron chi connectivity index (χ3n) is 5.81. The summed E-state index contributed by atoms with van der Waals surface area (Å²) in [5.41, 5.74) is 0.751. The first-order valence-electron chi connectivity index (χ1n) is 10.6. The summed E-state index contributed by atoms with van der Waals surface area (Å²) in [6.07, 6.45) is 10.0. The molecular formula is C22H26N6O3. The maximum Gasteiger partial charge on any atom is 0.243 e. The summed E-state index contributed by atoms with van der Waals surface area (Å²) in [6, 6.07) is 2.80. The maximum atomic E-state index is 13.2. The van der Waals surface area contributed by atoms with Gasteiger partial charge in [-0.15, -0.1) is 0 Å². The molecule has 0 aromatic carbocycles. The Labute approximate surface area is 180 Å². The number of carbonyl (C=O) groups is 3. The number of nitrogens with one attached hydrogen (secondary N) is 1. The molecule has 0 spiro atoms. The van der Waals surface area contributed by atoms with Crippen LogP contribution in [-0.4, -0.2) is 48.4 Å². The summed E-state index contributed by atoms with van der Waals surface area (Å²) in [6.45, 7) is 4.15. The van der Waals surface area contributed by atoms with E-state index in [1.54, 1.807) is 12.3 Å². The monoisotopic (exact) mass is 422 g/mol. The van der Waals surface area contributed by atoms with Gasteiger partial charge in [-0.05, 0) is 31.2 Å². The van der Waals surface area contributed by atoms with E-state index in [4.69, 9.17) is 0 Å². The van der Waals surface area contributed by atoms with Crippen LogP contribution in [0.4, 0.5) is 0 Å². The number of aromatic nitrogens is 4. The number of hydrogen-bond donors (Lipinski definition) is 1. The highest BCUT2D eigenvalue weighted by Gasteiger charge is 2.51. The van der Waals surface area contributed by atoms with Crippen LogP contribution in [0.1, 0.15) is 38.7 Å². The molecule has 162 valence electrons. The van der Waals surface area contributed by atoms with Gasteiger partial charge in [0.15, 0.2) is 5.82 Å². The van der Waals surface area contributed by atoms with Gasteiger partial charge in [0.1, 0.15) is 18.7 Å². The van der Waals surface area contributed by atoms with E-state index in [1.165, 1.54) is 22.2 Å². The average Bonchev–Trinajstić information content (AvgIpc) is 3.39. The summed E-state index contributed by atoms with van der Waals surface area (Å²) < 4.78 is 1.53. The van der Waals surface area contributed by atoms with Gasteiger partial charge < -0.3 is 5.32 Å². The molecule has 4 rings (SSSR count). The van der Waals surface area contributed by atoms with Gasteiger partial charge in [0.05, 0.1) is 11.8 Å². The lowest BCUT2D eigenvalue weighted by Crippen LogP contribution is -2.50. The summed E-state index contributed by atoms with van der Waals surface area (Å²) in [5, 5.41) is 7.00. The van der Waals surface area contributed by atoms with Gasteiger partial charge in [-0.1, -0.05) is 32.1 Å². The molecule has 3 atom stereocenters. The quantitative estimate of drug-likeness (QED) is 0.537. The number of amides is 3. The van der Waals surface area contributed by atoms with E-state index in [9.17, 15) is 14.4 Å². The number of pyridine rings is 1. The normalized spacial score (nSPS) is 21.5. The van der Waals surface area contributed by atoms with Crippen LogP contribution in [0.3, 0.4) is 0 Å². The van der Waals surface area contributed by atoms with Crippen LogP contribution in [-0.2, 0) is 20.9 Å². The minimum absolute atomic E-state index is 0.140. The molecule has 3 amide bonds. The minimum Gasteiger partial charge on any atom is -0.350 e. The van der Waals surface area contributed by atoms with E-state index in [-0.39, 0.29) is 42.0 Å². The van der Waals surface area contributed by atoms with Crippen molar-refractivity contribution >= 4 is 17.7 Å². The van der Waals surface area contributed by atoms with E-state index < -0.39 is 6.04 Å². The number of imide groups is 1. The first-order valence-corrected chi connectivity index (χ1v) is 10.6. The van der Waals surface area contributed by atoms with Crippen LogP contribution in [0.25, 0.3) is 5.82 Å². The predicted octanol–water partition coefficient (Wildman–Crippen LogP) is 1.64. The molecule has 3 heterocycles. The van der Waals surface area contributed by atoms with Crippen LogP contribution in [0.2, 0.25) is 0 Å². The Morgan fingerprint density at radius 1 is 1.19 bits per heavy atom. The lowest BCUT2D eigenvalue weighted by atomic mass is 9.85. The number of nitrogens with zero attached hydrogens (tertiary/aromatic N) is 5. The third-order valence-corrected chi connectivity index (χ3v) is 5.81. The van der Waals surface area contributed by atoms with Crippen LogP contribution in [0.5, 0.6) is 0 Å². The molecule has 2 aliphatic rings. The summed E-state index contributed by atoms with van der Waals surface area (Å²) in [4.78, 5) is 48.7. The molecule has 1 aliphatic heterocycles.